The highest BCUT2D eigenvalue weighted by molar-refractivity contribution is 7.86. The summed E-state index contributed by atoms with van der Waals surface area (Å²) in [5.41, 5.74) is 2.33. The summed E-state index contributed by atoms with van der Waals surface area (Å²) < 4.78 is 53.3. The number of ether oxygens (including phenoxy) is 3. The van der Waals surface area contributed by atoms with E-state index in [1.807, 2.05) is 16.8 Å². The first kappa shape index (κ1) is 32.3. The van der Waals surface area contributed by atoms with Crippen LogP contribution in [-0.4, -0.2) is 75.3 Å². The van der Waals surface area contributed by atoms with Crippen molar-refractivity contribution in [3.8, 4) is 23.1 Å². The summed E-state index contributed by atoms with van der Waals surface area (Å²) in [6.07, 6.45) is 5.61. The van der Waals surface area contributed by atoms with Crippen LogP contribution in [0, 0.1) is 0 Å². The average Bonchev–Trinajstić information content (AvgIpc) is 3.28. The molecule has 0 saturated carbocycles. The summed E-state index contributed by atoms with van der Waals surface area (Å²) in [6.45, 7) is 14.4. The molecule has 1 saturated heterocycles. The van der Waals surface area contributed by atoms with E-state index in [-0.39, 0.29) is 23.9 Å². The molecule has 2 atom stereocenters. The SMILES string of the molecule is C[C@@H](COCCCOc1nccc(-c2nn(C3CCCCO3)c3ccc(O[Si](C)(C)C(C)(C)C)cc23)n1)OS(C)(=O)=O. The molecule has 0 amide bonds. The maximum absolute atomic E-state index is 11.2. The van der Waals surface area contributed by atoms with Gasteiger partial charge < -0.3 is 18.6 Å². The third kappa shape index (κ3) is 8.50. The fourth-order valence-electron chi connectivity index (χ4n) is 4.40. The summed E-state index contributed by atoms with van der Waals surface area (Å²) >= 11 is 0. The summed E-state index contributed by atoms with van der Waals surface area (Å²) in [5.74, 6) is 0.821. The first-order valence-electron chi connectivity index (χ1n) is 14.5. The first-order chi connectivity index (χ1) is 19.7. The molecule has 1 aliphatic heterocycles. The van der Waals surface area contributed by atoms with Gasteiger partial charge in [0.2, 0.25) is 8.32 Å². The molecule has 11 nitrogen and oxygen atoms in total. The lowest BCUT2D eigenvalue weighted by Crippen LogP contribution is -2.43. The monoisotopic (exact) mass is 620 g/mol. The Balaban J connectivity index is 1.51. The molecule has 4 rings (SSSR count). The van der Waals surface area contributed by atoms with Crippen molar-refractivity contribution in [3.05, 3.63) is 30.5 Å². The van der Waals surface area contributed by atoms with Crippen molar-refractivity contribution in [2.45, 2.75) is 83.8 Å². The Morgan fingerprint density at radius 3 is 2.64 bits per heavy atom. The molecule has 2 aromatic heterocycles. The van der Waals surface area contributed by atoms with Crippen molar-refractivity contribution >= 4 is 29.3 Å². The second-order valence-corrected chi connectivity index (χ2v) is 18.6. The molecule has 232 valence electrons. The number of nitrogens with zero attached hydrogens (tertiary/aromatic N) is 4. The Kier molecular flexibility index (Phi) is 10.3. The molecule has 0 aliphatic carbocycles. The Morgan fingerprint density at radius 1 is 1.17 bits per heavy atom. The predicted octanol–water partition coefficient (Wildman–Crippen LogP) is 5.73. The Morgan fingerprint density at radius 2 is 1.95 bits per heavy atom. The standard InChI is InChI=1S/C29H44N4O7SSi/c1-21(39-41(5,34)35)20-36-16-10-18-38-28-30-15-14-24(31-28)27-23-19-22(40-42(6,7)29(2,3)4)12-13-25(23)33(32-27)26-11-8-9-17-37-26/h12-15,19,21,26H,8-11,16-18,20H2,1-7H3/t21-,26?/m0/s1. The highest BCUT2D eigenvalue weighted by Gasteiger charge is 2.39. The highest BCUT2D eigenvalue weighted by Crippen LogP contribution is 2.39. The Hall–Kier alpha value is -2.58. The second-order valence-electron chi connectivity index (χ2n) is 12.3. The number of hydrogen-bond donors (Lipinski definition) is 0. The van der Waals surface area contributed by atoms with Crippen LogP contribution < -0.4 is 9.16 Å². The maximum Gasteiger partial charge on any atom is 0.316 e. The topological polar surface area (TPSA) is 124 Å². The van der Waals surface area contributed by atoms with Crippen LogP contribution in [0.3, 0.4) is 0 Å². The van der Waals surface area contributed by atoms with Crippen molar-refractivity contribution in [1.29, 1.82) is 0 Å². The molecule has 3 aromatic rings. The second kappa shape index (κ2) is 13.4. The normalized spacial score (nSPS) is 17.4. The molecule has 1 unspecified atom stereocenters. The summed E-state index contributed by atoms with van der Waals surface area (Å²) in [6, 6.07) is 8.22. The van der Waals surface area contributed by atoms with Gasteiger partial charge in [0.15, 0.2) is 6.23 Å². The van der Waals surface area contributed by atoms with Crippen LogP contribution in [0.4, 0.5) is 0 Å². The quantitative estimate of drug-likeness (QED) is 0.133. The third-order valence-electron chi connectivity index (χ3n) is 7.52. The maximum atomic E-state index is 11.2. The van der Waals surface area contributed by atoms with Crippen LogP contribution in [0.15, 0.2) is 30.5 Å². The average molecular weight is 621 g/mol. The van der Waals surface area contributed by atoms with Crippen LogP contribution in [0.25, 0.3) is 22.3 Å². The molecule has 13 heteroatoms. The molecule has 0 bridgehead atoms. The smallest absolute Gasteiger partial charge is 0.316 e. The lowest BCUT2D eigenvalue weighted by atomic mass is 10.1. The van der Waals surface area contributed by atoms with Crippen LogP contribution in [0.1, 0.15) is 59.6 Å². The number of benzene rings is 1. The van der Waals surface area contributed by atoms with Crippen molar-refractivity contribution < 1.29 is 31.2 Å². The highest BCUT2D eigenvalue weighted by atomic mass is 32.2. The van der Waals surface area contributed by atoms with E-state index >= 15 is 0 Å². The van der Waals surface area contributed by atoms with E-state index in [0.29, 0.717) is 31.9 Å². The van der Waals surface area contributed by atoms with Gasteiger partial charge in [0.1, 0.15) is 11.4 Å². The van der Waals surface area contributed by atoms with Gasteiger partial charge in [-0.2, -0.15) is 18.5 Å². The minimum Gasteiger partial charge on any atom is -0.543 e. The molecule has 0 radical (unpaired) electrons. The first-order valence-corrected chi connectivity index (χ1v) is 19.2. The van der Waals surface area contributed by atoms with E-state index in [1.54, 1.807) is 13.1 Å². The van der Waals surface area contributed by atoms with Gasteiger partial charge in [-0.05, 0) is 68.6 Å². The van der Waals surface area contributed by atoms with Gasteiger partial charge in [0.05, 0.1) is 36.8 Å². The zero-order valence-electron chi connectivity index (χ0n) is 25.8. The Bertz CT molecular complexity index is 1450. The lowest BCUT2D eigenvalue weighted by Gasteiger charge is -2.36. The molecule has 1 aliphatic rings. The van der Waals surface area contributed by atoms with E-state index in [1.165, 1.54) is 0 Å². The molecule has 0 N–H and O–H groups in total. The van der Waals surface area contributed by atoms with Crippen LogP contribution in [0.2, 0.25) is 18.1 Å². The summed E-state index contributed by atoms with van der Waals surface area (Å²) in [4.78, 5) is 8.95. The number of hydrogen-bond acceptors (Lipinski definition) is 10. The molecule has 3 heterocycles. The summed E-state index contributed by atoms with van der Waals surface area (Å²) in [5, 5.41) is 6.00. The van der Waals surface area contributed by atoms with Gasteiger partial charge in [-0.3, -0.25) is 4.18 Å². The largest absolute Gasteiger partial charge is 0.543 e. The number of rotatable bonds is 13. The molecular weight excluding hydrogens is 576 g/mol. The van der Waals surface area contributed by atoms with Gasteiger partial charge in [-0.25, -0.2) is 9.67 Å². The molecular formula is C29H44N4O7SSi. The van der Waals surface area contributed by atoms with Crippen LogP contribution in [-0.2, 0) is 23.8 Å². The number of aromatic nitrogens is 4. The van der Waals surface area contributed by atoms with Crippen LogP contribution in [0.5, 0.6) is 11.8 Å². The van der Waals surface area contributed by atoms with Gasteiger partial charge in [0, 0.05) is 31.2 Å². The minimum atomic E-state index is -3.51. The summed E-state index contributed by atoms with van der Waals surface area (Å²) in [7, 11) is -5.56. The zero-order chi connectivity index (χ0) is 30.5. The van der Waals surface area contributed by atoms with Crippen molar-refractivity contribution in [3.63, 3.8) is 0 Å². The van der Waals surface area contributed by atoms with Crippen molar-refractivity contribution in [2.75, 3.05) is 32.7 Å². The van der Waals surface area contributed by atoms with Crippen molar-refractivity contribution in [1.82, 2.24) is 19.7 Å². The van der Waals surface area contributed by atoms with E-state index in [9.17, 15) is 8.42 Å². The fraction of sp³-hybridized carbons (Fsp3) is 0.621. The number of fused-ring (bicyclic) bond motifs is 1. The zero-order valence-corrected chi connectivity index (χ0v) is 27.6. The van der Waals surface area contributed by atoms with Crippen LogP contribution >= 0.6 is 0 Å². The molecule has 42 heavy (non-hydrogen) atoms. The van der Waals surface area contributed by atoms with E-state index in [4.69, 9.17) is 27.9 Å². The molecule has 1 fully saturated rings. The molecule has 0 spiro atoms. The predicted molar refractivity (Wildman–Crippen MR) is 164 cm³/mol. The van der Waals surface area contributed by atoms with Crippen molar-refractivity contribution in [2.24, 2.45) is 0 Å². The van der Waals surface area contributed by atoms with Gasteiger partial charge >= 0.3 is 6.01 Å². The molecule has 1 aromatic carbocycles. The third-order valence-corrected chi connectivity index (χ3v) is 12.6. The van der Waals surface area contributed by atoms with Gasteiger partial charge in [0.25, 0.3) is 10.1 Å². The lowest BCUT2D eigenvalue weighted by molar-refractivity contribution is -0.0365. The van der Waals surface area contributed by atoms with E-state index < -0.39 is 24.5 Å². The Labute approximate surface area is 250 Å². The van der Waals surface area contributed by atoms with E-state index in [0.717, 1.165) is 47.9 Å². The minimum absolute atomic E-state index is 0.0665. The van der Waals surface area contributed by atoms with Gasteiger partial charge in [-0.1, -0.05) is 20.8 Å². The van der Waals surface area contributed by atoms with E-state index in [2.05, 4.69) is 56.0 Å². The van der Waals surface area contributed by atoms with Gasteiger partial charge in [-0.15, -0.1) is 0 Å². The fourth-order valence-corrected chi connectivity index (χ4v) is 6.07.